The molecule has 7 nitrogen and oxygen atoms in total. The molecule has 0 spiro atoms. The lowest BCUT2D eigenvalue weighted by atomic mass is 10.1. The number of hydrogen-bond acceptors (Lipinski definition) is 5. The van der Waals surface area contributed by atoms with Crippen LogP contribution in [0.25, 0.3) is 0 Å². The van der Waals surface area contributed by atoms with Crippen LogP contribution in [0.4, 0.5) is 5.95 Å². The van der Waals surface area contributed by atoms with Gasteiger partial charge in [-0.3, -0.25) is 9.89 Å². The molecule has 1 saturated carbocycles. The van der Waals surface area contributed by atoms with E-state index in [1.54, 1.807) is 0 Å². The third kappa shape index (κ3) is 2.10. The second-order valence-corrected chi connectivity index (χ2v) is 4.58. The smallest absolute Gasteiger partial charge is 0.288 e. The van der Waals surface area contributed by atoms with Crippen LogP contribution in [0.1, 0.15) is 29.9 Å². The first-order chi connectivity index (χ1) is 8.24. The Morgan fingerprint density at radius 3 is 2.94 bits per heavy atom. The number of carbonyl (C=O) groups is 1. The van der Waals surface area contributed by atoms with E-state index in [-0.39, 0.29) is 29.8 Å². The van der Waals surface area contributed by atoms with Crippen LogP contribution in [0.5, 0.6) is 0 Å². The minimum absolute atomic E-state index is 0.0802. The molecule has 1 aliphatic carbocycles. The zero-order chi connectivity index (χ0) is 11.8. The average molecular weight is 237 g/mol. The highest BCUT2D eigenvalue weighted by molar-refractivity contribution is 5.90. The molecule has 7 heteroatoms. The number of amides is 1. The molecule has 1 saturated heterocycles. The van der Waals surface area contributed by atoms with Gasteiger partial charge in [0, 0.05) is 6.61 Å². The van der Waals surface area contributed by atoms with Gasteiger partial charge in [-0.2, -0.15) is 4.98 Å². The molecule has 4 N–H and O–H groups in total. The largest absolute Gasteiger partial charge is 0.376 e. The normalized spacial score (nSPS) is 28.2. The number of nitrogens with one attached hydrogen (secondary N) is 2. The SMILES string of the molecule is Nc1n[nH]c(C(=O)NC2CCOC2C2CC2)n1. The molecule has 1 aliphatic heterocycles. The lowest BCUT2D eigenvalue weighted by Gasteiger charge is -2.18. The fourth-order valence-electron chi connectivity index (χ4n) is 2.27. The lowest BCUT2D eigenvalue weighted by Crippen LogP contribution is -2.41. The van der Waals surface area contributed by atoms with Crippen LogP contribution in [0, 0.1) is 5.92 Å². The van der Waals surface area contributed by atoms with Gasteiger partial charge < -0.3 is 15.8 Å². The standard InChI is InChI=1S/C10H15N5O2/c11-10-13-8(14-15-10)9(16)12-6-3-4-17-7(6)5-1-2-5/h5-7H,1-4H2,(H,12,16)(H3,11,13,14,15). The van der Waals surface area contributed by atoms with Crippen molar-refractivity contribution in [1.82, 2.24) is 20.5 Å². The van der Waals surface area contributed by atoms with E-state index in [0.717, 1.165) is 6.42 Å². The summed E-state index contributed by atoms with van der Waals surface area (Å²) < 4.78 is 5.65. The Bertz CT molecular complexity index is 428. The summed E-state index contributed by atoms with van der Waals surface area (Å²) in [5.74, 6) is 0.582. The first kappa shape index (κ1) is 10.5. The van der Waals surface area contributed by atoms with Gasteiger partial charge in [-0.15, -0.1) is 5.10 Å². The number of aromatic amines is 1. The van der Waals surface area contributed by atoms with E-state index < -0.39 is 0 Å². The van der Waals surface area contributed by atoms with Crippen LogP contribution in [0.3, 0.4) is 0 Å². The number of nitrogens with zero attached hydrogens (tertiary/aromatic N) is 2. The predicted octanol–water partition coefficient (Wildman–Crippen LogP) is -0.316. The van der Waals surface area contributed by atoms with Crippen molar-refractivity contribution < 1.29 is 9.53 Å². The van der Waals surface area contributed by atoms with Crippen molar-refractivity contribution in [3.05, 3.63) is 5.82 Å². The van der Waals surface area contributed by atoms with Gasteiger partial charge in [0.05, 0.1) is 12.1 Å². The Morgan fingerprint density at radius 1 is 1.47 bits per heavy atom. The number of ether oxygens (including phenoxy) is 1. The maximum Gasteiger partial charge on any atom is 0.288 e. The van der Waals surface area contributed by atoms with Gasteiger partial charge in [0.1, 0.15) is 0 Å². The number of hydrogen-bond donors (Lipinski definition) is 3. The number of aromatic nitrogens is 3. The first-order valence-corrected chi connectivity index (χ1v) is 5.84. The summed E-state index contributed by atoms with van der Waals surface area (Å²) in [5.41, 5.74) is 5.35. The van der Waals surface area contributed by atoms with Gasteiger partial charge in [0.2, 0.25) is 11.8 Å². The Labute approximate surface area is 98.1 Å². The quantitative estimate of drug-likeness (QED) is 0.668. The maximum atomic E-state index is 11.8. The van der Waals surface area contributed by atoms with E-state index in [4.69, 9.17) is 10.5 Å². The zero-order valence-corrected chi connectivity index (χ0v) is 9.35. The molecule has 0 aromatic carbocycles. The first-order valence-electron chi connectivity index (χ1n) is 5.84. The summed E-state index contributed by atoms with van der Waals surface area (Å²) >= 11 is 0. The molecular formula is C10H15N5O2. The molecule has 1 aromatic rings. The molecule has 0 bridgehead atoms. The molecule has 2 fully saturated rings. The Balaban J connectivity index is 1.64. The van der Waals surface area contributed by atoms with Crippen LogP contribution in [0.15, 0.2) is 0 Å². The summed E-state index contributed by atoms with van der Waals surface area (Å²) in [6.45, 7) is 0.713. The van der Waals surface area contributed by atoms with E-state index in [1.165, 1.54) is 12.8 Å². The van der Waals surface area contributed by atoms with Gasteiger partial charge in [0.25, 0.3) is 5.91 Å². The Morgan fingerprint density at radius 2 is 2.29 bits per heavy atom. The van der Waals surface area contributed by atoms with Crippen LogP contribution in [0.2, 0.25) is 0 Å². The topological polar surface area (TPSA) is 106 Å². The summed E-state index contributed by atoms with van der Waals surface area (Å²) in [4.78, 5) is 15.6. The summed E-state index contributed by atoms with van der Waals surface area (Å²) in [5, 5.41) is 9.05. The molecule has 1 amide bonds. The summed E-state index contributed by atoms with van der Waals surface area (Å²) in [6.07, 6.45) is 3.42. The highest BCUT2D eigenvalue weighted by Crippen LogP contribution is 2.38. The maximum absolute atomic E-state index is 11.8. The number of nitrogens with two attached hydrogens (primary N) is 1. The Kier molecular flexibility index (Phi) is 2.47. The van der Waals surface area contributed by atoms with E-state index >= 15 is 0 Å². The molecule has 17 heavy (non-hydrogen) atoms. The minimum atomic E-state index is -0.268. The summed E-state index contributed by atoms with van der Waals surface area (Å²) in [7, 11) is 0. The molecule has 2 heterocycles. The molecule has 2 atom stereocenters. The molecule has 1 aromatic heterocycles. The molecule has 92 valence electrons. The number of carbonyl (C=O) groups excluding carboxylic acids is 1. The van der Waals surface area contributed by atoms with Gasteiger partial charge in [0.15, 0.2) is 0 Å². The second-order valence-electron chi connectivity index (χ2n) is 4.58. The Hall–Kier alpha value is -1.63. The number of anilines is 1. The molecule has 3 rings (SSSR count). The van der Waals surface area contributed by atoms with Crippen molar-refractivity contribution in [3.63, 3.8) is 0 Å². The van der Waals surface area contributed by atoms with Crippen molar-refractivity contribution in [2.24, 2.45) is 5.92 Å². The second kappa shape index (κ2) is 3.99. The molecule has 0 radical (unpaired) electrons. The molecule has 2 unspecified atom stereocenters. The van der Waals surface area contributed by atoms with Crippen LogP contribution >= 0.6 is 0 Å². The van der Waals surface area contributed by atoms with Gasteiger partial charge >= 0.3 is 0 Å². The van der Waals surface area contributed by atoms with Gasteiger partial charge in [-0.1, -0.05) is 0 Å². The van der Waals surface area contributed by atoms with Crippen molar-refractivity contribution >= 4 is 11.9 Å². The lowest BCUT2D eigenvalue weighted by molar-refractivity contribution is 0.0725. The molecular weight excluding hydrogens is 222 g/mol. The number of rotatable bonds is 3. The van der Waals surface area contributed by atoms with E-state index in [0.29, 0.717) is 12.5 Å². The third-order valence-electron chi connectivity index (χ3n) is 3.26. The van der Waals surface area contributed by atoms with Crippen LogP contribution in [-0.4, -0.2) is 39.8 Å². The van der Waals surface area contributed by atoms with Crippen molar-refractivity contribution in [1.29, 1.82) is 0 Å². The third-order valence-corrected chi connectivity index (χ3v) is 3.26. The van der Waals surface area contributed by atoms with Crippen molar-refractivity contribution in [3.8, 4) is 0 Å². The summed E-state index contributed by atoms with van der Waals surface area (Å²) in [6, 6.07) is 0.0846. The fraction of sp³-hybridized carbons (Fsp3) is 0.700. The van der Waals surface area contributed by atoms with Crippen molar-refractivity contribution in [2.45, 2.75) is 31.4 Å². The number of H-pyrrole nitrogens is 1. The van der Waals surface area contributed by atoms with E-state index in [1.807, 2.05) is 0 Å². The van der Waals surface area contributed by atoms with Crippen LogP contribution in [-0.2, 0) is 4.74 Å². The van der Waals surface area contributed by atoms with E-state index in [2.05, 4.69) is 20.5 Å². The highest BCUT2D eigenvalue weighted by atomic mass is 16.5. The predicted molar refractivity (Wildman–Crippen MR) is 59.1 cm³/mol. The van der Waals surface area contributed by atoms with Crippen molar-refractivity contribution in [2.75, 3.05) is 12.3 Å². The highest BCUT2D eigenvalue weighted by Gasteiger charge is 2.41. The minimum Gasteiger partial charge on any atom is -0.376 e. The average Bonchev–Trinajstić information content (AvgIpc) is 2.89. The van der Waals surface area contributed by atoms with Gasteiger partial charge in [-0.25, -0.2) is 0 Å². The number of nitrogen functional groups attached to an aromatic ring is 1. The van der Waals surface area contributed by atoms with Gasteiger partial charge in [-0.05, 0) is 25.2 Å². The fourth-order valence-corrected chi connectivity index (χ4v) is 2.27. The van der Waals surface area contributed by atoms with E-state index in [9.17, 15) is 4.79 Å². The molecule has 2 aliphatic rings. The zero-order valence-electron chi connectivity index (χ0n) is 9.35. The monoisotopic (exact) mass is 237 g/mol. The van der Waals surface area contributed by atoms with Crippen LogP contribution < -0.4 is 11.1 Å².